The number of hydrogen-bond donors (Lipinski definition) is 1. The standard InChI is InChI=1S/C23H23ClF3N3O/c24-16-1-2-19-18(13-16)17-4-8-30(21-12-15(3-7-28-21)23(25,26)27)20(22(17)29-19)11-14-5-9-31-10-6-14/h1-3,7,12-14,20,29H,4-6,8-11H2/t20-/m0/s1. The van der Waals surface area contributed by atoms with Gasteiger partial charge in [-0.2, -0.15) is 13.2 Å². The molecule has 2 aromatic heterocycles. The number of rotatable bonds is 3. The van der Waals surface area contributed by atoms with Gasteiger partial charge < -0.3 is 14.6 Å². The van der Waals surface area contributed by atoms with E-state index in [1.165, 1.54) is 17.8 Å². The van der Waals surface area contributed by atoms with Gasteiger partial charge in [-0.05, 0) is 67.5 Å². The van der Waals surface area contributed by atoms with Gasteiger partial charge in [-0.25, -0.2) is 4.98 Å². The maximum Gasteiger partial charge on any atom is 0.416 e. The Kier molecular flexibility index (Phi) is 5.34. The smallest absolute Gasteiger partial charge is 0.381 e. The summed E-state index contributed by atoms with van der Waals surface area (Å²) in [5.74, 6) is 0.822. The summed E-state index contributed by atoms with van der Waals surface area (Å²) in [5.41, 5.74) is 2.61. The van der Waals surface area contributed by atoms with Crippen LogP contribution in [0.1, 0.15) is 42.1 Å². The molecule has 5 rings (SSSR count). The Morgan fingerprint density at radius 1 is 1.16 bits per heavy atom. The first-order valence-electron chi connectivity index (χ1n) is 10.6. The normalized spacial score (nSPS) is 20.3. The molecule has 0 bridgehead atoms. The van der Waals surface area contributed by atoms with E-state index in [1.54, 1.807) is 0 Å². The van der Waals surface area contributed by atoms with Gasteiger partial charge in [-0.3, -0.25) is 0 Å². The van der Waals surface area contributed by atoms with Crippen molar-refractivity contribution in [2.45, 2.75) is 37.9 Å². The van der Waals surface area contributed by atoms with E-state index in [-0.39, 0.29) is 6.04 Å². The summed E-state index contributed by atoms with van der Waals surface area (Å²) in [6.07, 6.45) is 0.340. The number of benzene rings is 1. The third-order valence-electron chi connectivity index (χ3n) is 6.48. The fourth-order valence-electron chi connectivity index (χ4n) is 4.91. The summed E-state index contributed by atoms with van der Waals surface area (Å²) < 4.78 is 45.5. The molecule has 0 spiro atoms. The zero-order valence-electron chi connectivity index (χ0n) is 16.9. The molecule has 1 saturated heterocycles. The lowest BCUT2D eigenvalue weighted by atomic mass is 9.86. The Morgan fingerprint density at radius 3 is 2.74 bits per heavy atom. The lowest BCUT2D eigenvalue weighted by Gasteiger charge is -2.39. The highest BCUT2D eigenvalue weighted by Crippen LogP contribution is 2.42. The molecule has 4 nitrogen and oxygen atoms in total. The van der Waals surface area contributed by atoms with Gasteiger partial charge in [0.05, 0.1) is 11.6 Å². The molecular formula is C23H23ClF3N3O. The van der Waals surface area contributed by atoms with Crippen LogP contribution in [0, 0.1) is 5.92 Å². The van der Waals surface area contributed by atoms with Gasteiger partial charge in [-0.15, -0.1) is 0 Å². The molecule has 31 heavy (non-hydrogen) atoms. The van der Waals surface area contributed by atoms with Crippen molar-refractivity contribution in [2.75, 3.05) is 24.7 Å². The molecule has 0 unspecified atom stereocenters. The maximum atomic E-state index is 13.3. The fraction of sp³-hybridized carbons (Fsp3) is 0.435. The number of anilines is 1. The predicted octanol–water partition coefficient (Wildman–Crippen LogP) is 6.16. The van der Waals surface area contributed by atoms with E-state index in [1.807, 2.05) is 23.1 Å². The fourth-order valence-corrected chi connectivity index (χ4v) is 5.08. The first kappa shape index (κ1) is 20.6. The summed E-state index contributed by atoms with van der Waals surface area (Å²) in [7, 11) is 0. The van der Waals surface area contributed by atoms with Gasteiger partial charge in [0, 0.05) is 47.6 Å². The number of aromatic amines is 1. The summed E-state index contributed by atoms with van der Waals surface area (Å²) in [5, 5.41) is 1.77. The first-order valence-corrected chi connectivity index (χ1v) is 11.0. The van der Waals surface area contributed by atoms with Crippen LogP contribution >= 0.6 is 11.6 Å². The molecule has 1 fully saturated rings. The highest BCUT2D eigenvalue weighted by atomic mass is 35.5. The van der Waals surface area contributed by atoms with Crippen molar-refractivity contribution in [1.29, 1.82) is 0 Å². The Bertz CT molecular complexity index is 1090. The zero-order chi connectivity index (χ0) is 21.6. The Hall–Kier alpha value is -2.25. The summed E-state index contributed by atoms with van der Waals surface area (Å²) >= 11 is 6.24. The molecule has 8 heteroatoms. The SMILES string of the molecule is FC(F)(F)c1ccnc(N2CCc3c([nH]c4ccc(Cl)cc34)[C@@H]2CC2CCOCC2)c1. The third-order valence-corrected chi connectivity index (χ3v) is 6.71. The van der Waals surface area contributed by atoms with Gasteiger partial charge in [0.1, 0.15) is 5.82 Å². The van der Waals surface area contributed by atoms with Crippen LogP contribution in [0.15, 0.2) is 36.5 Å². The second-order valence-corrected chi connectivity index (χ2v) is 8.79. The minimum Gasteiger partial charge on any atom is -0.381 e. The van der Waals surface area contributed by atoms with E-state index in [0.29, 0.717) is 23.3 Å². The lowest BCUT2D eigenvalue weighted by molar-refractivity contribution is -0.137. The highest BCUT2D eigenvalue weighted by molar-refractivity contribution is 6.31. The molecule has 0 saturated carbocycles. The molecule has 3 aromatic rings. The number of alkyl halides is 3. The van der Waals surface area contributed by atoms with E-state index < -0.39 is 11.7 Å². The number of aromatic nitrogens is 2. The van der Waals surface area contributed by atoms with E-state index in [2.05, 4.69) is 9.97 Å². The van der Waals surface area contributed by atoms with Crippen molar-refractivity contribution in [3.63, 3.8) is 0 Å². The number of nitrogens with zero attached hydrogens (tertiary/aromatic N) is 2. The van der Waals surface area contributed by atoms with E-state index in [0.717, 1.165) is 61.6 Å². The van der Waals surface area contributed by atoms with Crippen molar-refractivity contribution in [3.8, 4) is 0 Å². The van der Waals surface area contributed by atoms with Crippen LogP contribution in [0.4, 0.5) is 19.0 Å². The predicted molar refractivity (Wildman–Crippen MR) is 114 cm³/mol. The van der Waals surface area contributed by atoms with Crippen LogP contribution in [0.3, 0.4) is 0 Å². The van der Waals surface area contributed by atoms with Gasteiger partial charge in [0.15, 0.2) is 0 Å². The average molecular weight is 450 g/mol. The van der Waals surface area contributed by atoms with Crippen molar-refractivity contribution < 1.29 is 17.9 Å². The maximum absolute atomic E-state index is 13.3. The first-order chi connectivity index (χ1) is 14.9. The molecular weight excluding hydrogens is 427 g/mol. The highest BCUT2D eigenvalue weighted by Gasteiger charge is 2.36. The molecule has 0 aliphatic carbocycles. The zero-order valence-corrected chi connectivity index (χ0v) is 17.6. The van der Waals surface area contributed by atoms with Crippen LogP contribution in [-0.4, -0.2) is 29.7 Å². The number of fused-ring (bicyclic) bond motifs is 3. The topological polar surface area (TPSA) is 41.2 Å². The largest absolute Gasteiger partial charge is 0.416 e. The molecule has 0 amide bonds. The van der Waals surface area contributed by atoms with Crippen LogP contribution in [-0.2, 0) is 17.3 Å². The minimum absolute atomic E-state index is 0.0750. The number of nitrogens with one attached hydrogen (secondary N) is 1. The quantitative estimate of drug-likeness (QED) is 0.521. The van der Waals surface area contributed by atoms with Crippen molar-refractivity contribution in [3.05, 3.63) is 58.4 Å². The Morgan fingerprint density at radius 2 is 1.97 bits per heavy atom. The van der Waals surface area contributed by atoms with Crippen LogP contribution < -0.4 is 4.90 Å². The van der Waals surface area contributed by atoms with Gasteiger partial charge in [0.25, 0.3) is 0 Å². The third kappa shape index (κ3) is 4.01. The molecule has 1 N–H and O–H groups in total. The molecule has 2 aliphatic heterocycles. The second kappa shape index (κ2) is 8.02. The van der Waals surface area contributed by atoms with E-state index >= 15 is 0 Å². The number of ether oxygens (including phenoxy) is 1. The minimum atomic E-state index is -4.40. The van der Waals surface area contributed by atoms with Crippen molar-refractivity contribution in [1.82, 2.24) is 9.97 Å². The van der Waals surface area contributed by atoms with Crippen LogP contribution in [0.5, 0.6) is 0 Å². The number of hydrogen-bond acceptors (Lipinski definition) is 3. The van der Waals surface area contributed by atoms with Crippen LogP contribution in [0.25, 0.3) is 10.9 Å². The molecule has 4 heterocycles. The molecule has 2 aliphatic rings. The molecule has 1 atom stereocenters. The molecule has 0 radical (unpaired) electrons. The van der Waals surface area contributed by atoms with Crippen molar-refractivity contribution >= 4 is 28.3 Å². The second-order valence-electron chi connectivity index (χ2n) is 8.36. The monoisotopic (exact) mass is 449 g/mol. The van der Waals surface area contributed by atoms with Gasteiger partial charge in [0.2, 0.25) is 0 Å². The number of H-pyrrole nitrogens is 1. The van der Waals surface area contributed by atoms with Crippen LogP contribution in [0.2, 0.25) is 5.02 Å². The van der Waals surface area contributed by atoms with Gasteiger partial charge >= 0.3 is 6.18 Å². The average Bonchev–Trinajstić information content (AvgIpc) is 3.12. The number of pyridine rings is 1. The Labute approximate surface area is 183 Å². The van der Waals surface area contributed by atoms with E-state index in [9.17, 15) is 13.2 Å². The van der Waals surface area contributed by atoms with E-state index in [4.69, 9.17) is 16.3 Å². The molecule has 164 valence electrons. The summed E-state index contributed by atoms with van der Waals surface area (Å²) in [6, 6.07) is 7.91. The summed E-state index contributed by atoms with van der Waals surface area (Å²) in [6.45, 7) is 2.07. The number of halogens is 4. The summed E-state index contributed by atoms with van der Waals surface area (Å²) in [4.78, 5) is 9.90. The Balaban J connectivity index is 1.57. The van der Waals surface area contributed by atoms with Gasteiger partial charge in [-0.1, -0.05) is 11.6 Å². The molecule has 1 aromatic carbocycles. The van der Waals surface area contributed by atoms with Crippen molar-refractivity contribution in [2.24, 2.45) is 5.92 Å². The lowest BCUT2D eigenvalue weighted by Crippen LogP contribution is -2.38.